The number of carbonyl (C=O) groups is 3. The first-order chi connectivity index (χ1) is 15.5. The van der Waals surface area contributed by atoms with E-state index in [1.165, 1.54) is 29.2 Å². The minimum atomic E-state index is -0.407. The van der Waals surface area contributed by atoms with Gasteiger partial charge in [-0.05, 0) is 42.8 Å². The van der Waals surface area contributed by atoms with Crippen molar-refractivity contribution in [2.75, 3.05) is 23.0 Å². The fraction of sp³-hybridized carbons (Fsp3) is 0.136. The molecule has 32 heavy (non-hydrogen) atoms. The average molecular weight is 469 g/mol. The normalized spacial score (nSPS) is 10.7. The molecule has 0 bridgehead atoms. The predicted octanol–water partition coefficient (Wildman–Crippen LogP) is 4.10. The van der Waals surface area contributed by atoms with Gasteiger partial charge in [-0.1, -0.05) is 53.4 Å². The predicted molar refractivity (Wildman–Crippen MR) is 126 cm³/mol. The lowest BCUT2D eigenvalue weighted by atomic mass is 10.2. The van der Waals surface area contributed by atoms with Crippen LogP contribution in [-0.4, -0.2) is 40.3 Å². The van der Waals surface area contributed by atoms with Gasteiger partial charge in [0, 0.05) is 11.8 Å². The Morgan fingerprint density at radius 3 is 2.50 bits per heavy atom. The van der Waals surface area contributed by atoms with Crippen molar-refractivity contribution >= 4 is 57.8 Å². The summed E-state index contributed by atoms with van der Waals surface area (Å²) in [6.45, 7) is 2.04. The number of rotatable bonds is 9. The zero-order valence-electron chi connectivity index (χ0n) is 17.1. The largest absolute Gasteiger partial charge is 0.462 e. The van der Waals surface area contributed by atoms with Gasteiger partial charge in [0.25, 0.3) is 0 Å². The van der Waals surface area contributed by atoms with Crippen LogP contribution in [0.4, 0.5) is 10.8 Å². The molecule has 0 aliphatic heterocycles. The minimum Gasteiger partial charge on any atom is -0.462 e. The summed E-state index contributed by atoms with van der Waals surface area (Å²) in [5.74, 6) is -0.831. The molecule has 2 aromatic carbocycles. The van der Waals surface area contributed by atoms with Crippen molar-refractivity contribution in [2.24, 2.45) is 0 Å². The quantitative estimate of drug-likeness (QED) is 0.211. The monoisotopic (exact) mass is 468 g/mol. The van der Waals surface area contributed by atoms with E-state index < -0.39 is 5.97 Å². The van der Waals surface area contributed by atoms with Gasteiger partial charge in [0.2, 0.25) is 16.9 Å². The van der Waals surface area contributed by atoms with Crippen LogP contribution in [0.5, 0.6) is 0 Å². The van der Waals surface area contributed by atoms with Crippen molar-refractivity contribution < 1.29 is 19.1 Å². The SMILES string of the molecule is CCOC(=O)c1ccc(NC(=O)CSc2nnc(NC(=O)C=Cc3ccccc3)s2)cc1. The van der Waals surface area contributed by atoms with Crippen LogP contribution in [0.25, 0.3) is 6.08 Å². The minimum absolute atomic E-state index is 0.121. The van der Waals surface area contributed by atoms with Gasteiger partial charge in [-0.2, -0.15) is 0 Å². The van der Waals surface area contributed by atoms with E-state index in [2.05, 4.69) is 20.8 Å². The molecule has 2 amide bonds. The molecule has 8 nitrogen and oxygen atoms in total. The molecular weight excluding hydrogens is 448 g/mol. The Labute approximate surface area is 193 Å². The van der Waals surface area contributed by atoms with E-state index in [1.807, 2.05) is 30.3 Å². The summed E-state index contributed by atoms with van der Waals surface area (Å²) in [5, 5.41) is 13.6. The van der Waals surface area contributed by atoms with Crippen molar-refractivity contribution in [2.45, 2.75) is 11.3 Å². The molecule has 0 fully saturated rings. The number of aromatic nitrogens is 2. The maximum Gasteiger partial charge on any atom is 0.338 e. The van der Waals surface area contributed by atoms with Gasteiger partial charge in [0.05, 0.1) is 17.9 Å². The molecule has 3 rings (SSSR count). The number of esters is 1. The number of amides is 2. The molecule has 2 N–H and O–H groups in total. The first-order valence-corrected chi connectivity index (χ1v) is 11.4. The molecule has 3 aromatic rings. The Hall–Kier alpha value is -3.50. The number of carbonyl (C=O) groups excluding carboxylic acids is 3. The van der Waals surface area contributed by atoms with Crippen molar-refractivity contribution in [1.82, 2.24) is 10.2 Å². The second kappa shape index (κ2) is 11.8. The molecule has 1 heterocycles. The van der Waals surface area contributed by atoms with Gasteiger partial charge in [0.15, 0.2) is 4.34 Å². The lowest BCUT2D eigenvalue weighted by Crippen LogP contribution is -2.14. The smallest absolute Gasteiger partial charge is 0.338 e. The van der Waals surface area contributed by atoms with E-state index in [0.717, 1.165) is 5.56 Å². The number of ether oxygens (including phenoxy) is 1. The molecule has 0 atom stereocenters. The van der Waals surface area contributed by atoms with Crippen LogP contribution < -0.4 is 10.6 Å². The summed E-state index contributed by atoms with van der Waals surface area (Å²) in [6.07, 6.45) is 3.12. The van der Waals surface area contributed by atoms with E-state index >= 15 is 0 Å². The second-order valence-corrected chi connectivity index (χ2v) is 8.44. The zero-order valence-corrected chi connectivity index (χ0v) is 18.7. The van der Waals surface area contributed by atoms with E-state index in [-0.39, 0.29) is 17.6 Å². The van der Waals surface area contributed by atoms with Gasteiger partial charge in [-0.15, -0.1) is 10.2 Å². The average Bonchev–Trinajstić information content (AvgIpc) is 3.25. The van der Waals surface area contributed by atoms with Crippen LogP contribution >= 0.6 is 23.1 Å². The van der Waals surface area contributed by atoms with Crippen LogP contribution in [0.2, 0.25) is 0 Å². The standard InChI is InChI=1S/C22H20N4O4S2/c1-2-30-20(29)16-9-11-17(12-10-16)23-19(28)14-31-22-26-25-21(32-22)24-18(27)13-8-15-6-4-3-5-7-15/h3-13H,2,14H2,1H3,(H,23,28)(H,24,25,27). The van der Waals surface area contributed by atoms with Crippen LogP contribution in [0, 0.1) is 0 Å². The summed E-state index contributed by atoms with van der Waals surface area (Å²) >= 11 is 2.39. The van der Waals surface area contributed by atoms with Gasteiger partial charge >= 0.3 is 5.97 Å². The van der Waals surface area contributed by atoms with E-state index in [1.54, 1.807) is 37.3 Å². The van der Waals surface area contributed by atoms with E-state index in [4.69, 9.17) is 4.74 Å². The Kier molecular flexibility index (Phi) is 8.52. The molecule has 0 saturated carbocycles. The first kappa shape index (κ1) is 23.2. The van der Waals surface area contributed by atoms with Gasteiger partial charge < -0.3 is 10.1 Å². The summed E-state index contributed by atoms with van der Waals surface area (Å²) in [6, 6.07) is 15.9. The van der Waals surface area contributed by atoms with Crippen LogP contribution in [0.3, 0.4) is 0 Å². The fourth-order valence-electron chi connectivity index (χ4n) is 2.43. The lowest BCUT2D eigenvalue weighted by molar-refractivity contribution is -0.114. The Morgan fingerprint density at radius 2 is 1.78 bits per heavy atom. The molecule has 0 aliphatic carbocycles. The molecule has 0 spiro atoms. The second-order valence-electron chi connectivity index (χ2n) is 6.24. The molecule has 0 saturated heterocycles. The summed E-state index contributed by atoms with van der Waals surface area (Å²) in [7, 11) is 0. The molecule has 0 aliphatic rings. The van der Waals surface area contributed by atoms with Gasteiger partial charge in [-0.3, -0.25) is 14.9 Å². The number of nitrogens with zero attached hydrogens (tertiary/aromatic N) is 2. The third kappa shape index (κ3) is 7.33. The number of nitrogens with one attached hydrogen (secondary N) is 2. The summed E-state index contributed by atoms with van der Waals surface area (Å²) < 4.78 is 5.48. The highest BCUT2D eigenvalue weighted by Crippen LogP contribution is 2.25. The lowest BCUT2D eigenvalue weighted by Gasteiger charge is -2.05. The molecular formula is C22H20N4O4S2. The third-order valence-corrected chi connectivity index (χ3v) is 5.84. The van der Waals surface area contributed by atoms with Crippen LogP contribution in [0.15, 0.2) is 65.0 Å². The highest BCUT2D eigenvalue weighted by molar-refractivity contribution is 8.01. The van der Waals surface area contributed by atoms with Crippen LogP contribution in [-0.2, 0) is 14.3 Å². The Morgan fingerprint density at radius 1 is 1.03 bits per heavy atom. The number of anilines is 2. The fourth-order valence-corrected chi connectivity index (χ4v) is 3.99. The van der Waals surface area contributed by atoms with Gasteiger partial charge in [0.1, 0.15) is 0 Å². The molecule has 1 aromatic heterocycles. The van der Waals surface area contributed by atoms with Crippen molar-refractivity contribution in [3.8, 4) is 0 Å². The number of hydrogen-bond donors (Lipinski definition) is 2. The summed E-state index contributed by atoms with van der Waals surface area (Å²) in [5.41, 5.74) is 1.90. The van der Waals surface area contributed by atoms with Crippen molar-refractivity contribution in [3.63, 3.8) is 0 Å². The number of benzene rings is 2. The maximum absolute atomic E-state index is 12.2. The molecule has 164 valence electrons. The highest BCUT2D eigenvalue weighted by atomic mass is 32.2. The van der Waals surface area contributed by atoms with Gasteiger partial charge in [-0.25, -0.2) is 4.79 Å². The molecule has 0 radical (unpaired) electrons. The topological polar surface area (TPSA) is 110 Å². The highest BCUT2D eigenvalue weighted by Gasteiger charge is 2.11. The number of hydrogen-bond acceptors (Lipinski definition) is 8. The summed E-state index contributed by atoms with van der Waals surface area (Å²) in [4.78, 5) is 35.8. The van der Waals surface area contributed by atoms with Crippen molar-refractivity contribution in [3.05, 3.63) is 71.8 Å². The first-order valence-electron chi connectivity index (χ1n) is 9.61. The van der Waals surface area contributed by atoms with Crippen molar-refractivity contribution in [1.29, 1.82) is 0 Å². The number of thioether (sulfide) groups is 1. The Bertz CT molecular complexity index is 1100. The zero-order chi connectivity index (χ0) is 22.8. The maximum atomic E-state index is 12.2. The molecule has 0 unspecified atom stereocenters. The third-order valence-electron chi connectivity index (χ3n) is 3.87. The molecule has 10 heteroatoms. The Balaban J connectivity index is 1.44. The van der Waals surface area contributed by atoms with E-state index in [0.29, 0.717) is 27.3 Å². The van der Waals surface area contributed by atoms with Crippen LogP contribution in [0.1, 0.15) is 22.8 Å². The van der Waals surface area contributed by atoms with E-state index in [9.17, 15) is 14.4 Å².